The smallest absolute Gasteiger partial charge is 0.306 e. The summed E-state index contributed by atoms with van der Waals surface area (Å²) < 4.78 is 67.4. The van der Waals surface area contributed by atoms with Crippen molar-refractivity contribution >= 4 is 20.1 Å². The van der Waals surface area contributed by atoms with Gasteiger partial charge in [0.05, 0.1) is 11.2 Å². The molecule has 6 nitrogen and oxygen atoms in total. The third-order valence-electron chi connectivity index (χ3n) is 3.48. The second kappa shape index (κ2) is 7.73. The molecule has 2 aromatic carbocycles. The van der Waals surface area contributed by atoms with Gasteiger partial charge in [-0.15, -0.1) is 0 Å². The van der Waals surface area contributed by atoms with Crippen LogP contribution >= 0.6 is 0 Å². The molecule has 0 N–H and O–H groups in total. The first-order chi connectivity index (χ1) is 12.0. The van der Waals surface area contributed by atoms with E-state index in [0.29, 0.717) is 5.56 Å². The van der Waals surface area contributed by atoms with Gasteiger partial charge in [-0.1, -0.05) is 12.1 Å². The second-order valence-electron chi connectivity index (χ2n) is 6.03. The zero-order valence-corrected chi connectivity index (χ0v) is 16.2. The molecule has 2 aromatic rings. The van der Waals surface area contributed by atoms with Gasteiger partial charge in [0, 0.05) is 12.6 Å². The lowest BCUT2D eigenvalue weighted by molar-refractivity contribution is 0.347. The van der Waals surface area contributed by atoms with E-state index in [0.717, 1.165) is 18.4 Å². The highest BCUT2D eigenvalue weighted by molar-refractivity contribution is 7.89. The summed E-state index contributed by atoms with van der Waals surface area (Å²) in [6, 6.07) is 10.4. The number of sulfonamides is 1. The number of hydrogen-bond donors (Lipinski definition) is 0. The van der Waals surface area contributed by atoms with Gasteiger partial charge in [-0.2, -0.15) is 12.7 Å². The third kappa shape index (κ3) is 5.26. The molecule has 0 saturated heterocycles. The summed E-state index contributed by atoms with van der Waals surface area (Å²) in [4.78, 5) is -0.0175. The predicted molar refractivity (Wildman–Crippen MR) is 96.2 cm³/mol. The van der Waals surface area contributed by atoms with Gasteiger partial charge in [-0.3, -0.25) is 0 Å². The normalized spacial score (nSPS) is 12.5. The molecule has 0 aliphatic rings. The quantitative estimate of drug-likeness (QED) is 0.667. The Hall–Kier alpha value is -1.97. The van der Waals surface area contributed by atoms with Gasteiger partial charge in [-0.25, -0.2) is 12.8 Å². The van der Waals surface area contributed by atoms with Crippen LogP contribution in [0.3, 0.4) is 0 Å². The Bertz CT molecular complexity index is 970. The van der Waals surface area contributed by atoms with Crippen molar-refractivity contribution < 1.29 is 25.4 Å². The zero-order valence-electron chi connectivity index (χ0n) is 14.6. The highest BCUT2D eigenvalue weighted by Gasteiger charge is 2.27. The summed E-state index contributed by atoms with van der Waals surface area (Å²) in [6.45, 7) is 3.45. The van der Waals surface area contributed by atoms with E-state index in [2.05, 4.69) is 0 Å². The van der Waals surface area contributed by atoms with E-state index >= 15 is 0 Å². The number of benzene rings is 2. The highest BCUT2D eigenvalue weighted by Crippen LogP contribution is 2.23. The molecule has 0 saturated carbocycles. The summed E-state index contributed by atoms with van der Waals surface area (Å²) in [5, 5.41) is 0. The Labute approximate surface area is 153 Å². The van der Waals surface area contributed by atoms with E-state index in [4.69, 9.17) is 4.18 Å². The molecule has 0 spiro atoms. The van der Waals surface area contributed by atoms with Crippen molar-refractivity contribution in [3.63, 3.8) is 0 Å². The van der Waals surface area contributed by atoms with Gasteiger partial charge in [0.25, 0.3) is 0 Å². The summed E-state index contributed by atoms with van der Waals surface area (Å²) in [7, 11) is -7.54. The van der Waals surface area contributed by atoms with Crippen molar-refractivity contribution in [3.8, 4) is 5.75 Å². The standard InChI is InChI=1S/C17H20FNO5S2/c1-13(2)19(26(22,23)17-9-7-15(18)8-10-17)12-14-5-4-6-16(11-14)24-25(3,20)21/h4-11,13H,12H2,1-3H3. The molecule has 0 unspecified atom stereocenters. The maximum atomic E-state index is 13.1. The van der Waals surface area contributed by atoms with Crippen LogP contribution in [0.25, 0.3) is 0 Å². The first-order valence-electron chi connectivity index (χ1n) is 7.75. The molecule has 26 heavy (non-hydrogen) atoms. The maximum Gasteiger partial charge on any atom is 0.306 e. The fourth-order valence-corrected chi connectivity index (χ4v) is 4.42. The van der Waals surface area contributed by atoms with E-state index < -0.39 is 26.0 Å². The van der Waals surface area contributed by atoms with Crippen molar-refractivity contribution in [1.29, 1.82) is 0 Å². The van der Waals surface area contributed by atoms with Gasteiger partial charge in [0.1, 0.15) is 11.6 Å². The summed E-state index contributed by atoms with van der Waals surface area (Å²) in [5.41, 5.74) is 0.561. The zero-order chi connectivity index (χ0) is 19.5. The first-order valence-corrected chi connectivity index (χ1v) is 11.0. The van der Waals surface area contributed by atoms with Gasteiger partial charge in [0.15, 0.2) is 0 Å². The van der Waals surface area contributed by atoms with Crippen LogP contribution in [0.2, 0.25) is 0 Å². The van der Waals surface area contributed by atoms with Crippen LogP contribution in [0.5, 0.6) is 5.75 Å². The lowest BCUT2D eigenvalue weighted by Crippen LogP contribution is -2.36. The molecule has 0 amide bonds. The van der Waals surface area contributed by atoms with Crippen molar-refractivity contribution in [2.75, 3.05) is 6.26 Å². The van der Waals surface area contributed by atoms with Crippen LogP contribution in [0.1, 0.15) is 19.4 Å². The SMILES string of the molecule is CC(C)N(Cc1cccc(OS(C)(=O)=O)c1)S(=O)(=O)c1ccc(F)cc1. The van der Waals surface area contributed by atoms with Crippen LogP contribution in [-0.4, -0.2) is 33.4 Å². The van der Waals surface area contributed by atoms with E-state index in [1.54, 1.807) is 26.0 Å². The first kappa shape index (κ1) is 20.3. The number of hydrogen-bond acceptors (Lipinski definition) is 5. The molecule has 0 aliphatic heterocycles. The summed E-state index contributed by atoms with van der Waals surface area (Å²) in [5.74, 6) is -0.418. The van der Waals surface area contributed by atoms with E-state index in [1.165, 1.54) is 28.6 Å². The molecule has 142 valence electrons. The van der Waals surface area contributed by atoms with Gasteiger partial charge < -0.3 is 4.18 Å². The predicted octanol–water partition coefficient (Wildman–Crippen LogP) is 2.76. The average Bonchev–Trinajstić information content (AvgIpc) is 2.51. The lowest BCUT2D eigenvalue weighted by Gasteiger charge is -2.26. The summed E-state index contributed by atoms with van der Waals surface area (Å²) >= 11 is 0. The Balaban J connectivity index is 2.34. The Kier molecular flexibility index (Phi) is 6.05. The largest absolute Gasteiger partial charge is 0.383 e. The van der Waals surface area contributed by atoms with Crippen LogP contribution in [0, 0.1) is 5.82 Å². The fraction of sp³-hybridized carbons (Fsp3) is 0.294. The molecule has 9 heteroatoms. The monoisotopic (exact) mass is 401 g/mol. The molecular formula is C17H20FNO5S2. The molecule has 0 radical (unpaired) electrons. The Morgan fingerprint density at radius 3 is 2.19 bits per heavy atom. The molecule has 0 atom stereocenters. The maximum absolute atomic E-state index is 13.1. The van der Waals surface area contributed by atoms with Crippen LogP contribution in [0.15, 0.2) is 53.4 Å². The van der Waals surface area contributed by atoms with Crippen molar-refractivity contribution in [2.45, 2.75) is 31.3 Å². The second-order valence-corrected chi connectivity index (χ2v) is 9.50. The molecule has 0 heterocycles. The fourth-order valence-electron chi connectivity index (χ4n) is 2.34. The highest BCUT2D eigenvalue weighted by atomic mass is 32.2. The van der Waals surface area contributed by atoms with E-state index in [9.17, 15) is 21.2 Å². The molecule has 0 aromatic heterocycles. The van der Waals surface area contributed by atoms with Crippen LogP contribution < -0.4 is 4.18 Å². The third-order valence-corrected chi connectivity index (χ3v) is 6.01. The Morgan fingerprint density at radius 2 is 1.65 bits per heavy atom. The lowest BCUT2D eigenvalue weighted by atomic mass is 10.2. The van der Waals surface area contributed by atoms with Crippen LogP contribution in [0.4, 0.5) is 4.39 Å². The van der Waals surface area contributed by atoms with Gasteiger partial charge in [0.2, 0.25) is 10.0 Å². The van der Waals surface area contributed by atoms with Gasteiger partial charge in [-0.05, 0) is 55.8 Å². The molecule has 2 rings (SSSR count). The Morgan fingerprint density at radius 1 is 1.04 bits per heavy atom. The molecule has 0 fully saturated rings. The number of nitrogens with zero attached hydrogens (tertiary/aromatic N) is 1. The van der Waals surface area contributed by atoms with Crippen molar-refractivity contribution in [1.82, 2.24) is 4.31 Å². The average molecular weight is 401 g/mol. The van der Waals surface area contributed by atoms with Crippen LogP contribution in [-0.2, 0) is 26.7 Å². The topological polar surface area (TPSA) is 80.8 Å². The molecule has 0 bridgehead atoms. The minimum absolute atomic E-state index is 0.0122. The van der Waals surface area contributed by atoms with Gasteiger partial charge >= 0.3 is 10.1 Å². The van der Waals surface area contributed by atoms with E-state index in [-0.39, 0.29) is 23.2 Å². The van der Waals surface area contributed by atoms with Crippen molar-refractivity contribution in [2.24, 2.45) is 0 Å². The molecule has 0 aliphatic carbocycles. The minimum atomic E-state index is -3.86. The van der Waals surface area contributed by atoms with Crippen molar-refractivity contribution in [3.05, 3.63) is 59.9 Å². The number of rotatable bonds is 7. The summed E-state index contributed by atoms with van der Waals surface area (Å²) in [6.07, 6.45) is 0.930. The number of halogens is 1. The molecular weight excluding hydrogens is 381 g/mol. The van der Waals surface area contributed by atoms with E-state index in [1.807, 2.05) is 0 Å². The minimum Gasteiger partial charge on any atom is -0.383 e.